The molecular formula is C49H54O10. The van der Waals surface area contributed by atoms with Crippen molar-refractivity contribution in [2.24, 2.45) is 5.92 Å². The molecule has 0 radical (unpaired) electrons. The van der Waals surface area contributed by atoms with Crippen LogP contribution in [0.4, 0.5) is 0 Å². The minimum atomic E-state index is -1.09. The second kappa shape index (κ2) is 20.8. The van der Waals surface area contributed by atoms with Gasteiger partial charge in [0.2, 0.25) is 0 Å². The molecule has 11 atom stereocenters. The number of aliphatic hydroxyl groups is 1. The van der Waals surface area contributed by atoms with E-state index < -0.39 is 61.4 Å². The van der Waals surface area contributed by atoms with Crippen LogP contribution in [0, 0.1) is 5.92 Å². The summed E-state index contributed by atoms with van der Waals surface area (Å²) in [6, 6.07) is 49.8. The minimum absolute atomic E-state index is 0.206. The summed E-state index contributed by atoms with van der Waals surface area (Å²) in [6.45, 7) is 1.78. The van der Waals surface area contributed by atoms with E-state index in [9.17, 15) is 5.11 Å². The maximum absolute atomic E-state index is 12.5. The number of methoxy groups -OCH3 is 1. The Morgan fingerprint density at radius 3 is 1.58 bits per heavy atom. The van der Waals surface area contributed by atoms with Crippen LogP contribution in [0.25, 0.3) is 0 Å². The second-order valence-electron chi connectivity index (χ2n) is 15.3. The minimum Gasteiger partial charge on any atom is -0.388 e. The van der Waals surface area contributed by atoms with Crippen LogP contribution in [0.15, 0.2) is 152 Å². The van der Waals surface area contributed by atoms with Gasteiger partial charge in [-0.15, -0.1) is 0 Å². The maximum atomic E-state index is 12.5. The summed E-state index contributed by atoms with van der Waals surface area (Å²) in [7, 11) is 1.62. The molecule has 3 fully saturated rings. The van der Waals surface area contributed by atoms with Crippen LogP contribution in [-0.4, -0.2) is 80.6 Å². The molecule has 8 rings (SSSR count). The van der Waals surface area contributed by atoms with E-state index in [2.05, 4.69) is 0 Å². The van der Waals surface area contributed by atoms with Crippen molar-refractivity contribution in [1.82, 2.24) is 0 Å². The Balaban J connectivity index is 1.11. The van der Waals surface area contributed by atoms with Crippen molar-refractivity contribution < 1.29 is 47.7 Å². The quantitative estimate of drug-likeness (QED) is 0.101. The van der Waals surface area contributed by atoms with E-state index in [0.29, 0.717) is 26.2 Å². The highest BCUT2D eigenvalue weighted by atomic mass is 16.8. The van der Waals surface area contributed by atoms with Crippen molar-refractivity contribution in [2.45, 2.75) is 94.3 Å². The zero-order valence-electron chi connectivity index (χ0n) is 33.4. The summed E-state index contributed by atoms with van der Waals surface area (Å²) in [5, 5.41) is 12.5. The van der Waals surface area contributed by atoms with Crippen LogP contribution in [0.3, 0.4) is 0 Å². The number of ether oxygens (including phenoxy) is 9. The highest BCUT2D eigenvalue weighted by molar-refractivity contribution is 5.18. The first-order valence-corrected chi connectivity index (χ1v) is 20.5. The largest absolute Gasteiger partial charge is 0.388 e. The monoisotopic (exact) mass is 802 g/mol. The summed E-state index contributed by atoms with van der Waals surface area (Å²) in [5.41, 5.74) is 4.93. The van der Waals surface area contributed by atoms with Gasteiger partial charge in [0.25, 0.3) is 0 Å². The molecule has 0 amide bonds. The summed E-state index contributed by atoms with van der Waals surface area (Å²) < 4.78 is 59.1. The molecule has 3 saturated heterocycles. The van der Waals surface area contributed by atoms with Gasteiger partial charge in [-0.05, 0) is 28.7 Å². The Labute approximate surface area is 346 Å². The van der Waals surface area contributed by atoms with Gasteiger partial charge in [0.1, 0.15) is 36.6 Å². The fraction of sp³-hybridized carbons (Fsp3) is 0.388. The Morgan fingerprint density at radius 2 is 1.03 bits per heavy atom. The summed E-state index contributed by atoms with van der Waals surface area (Å²) >= 11 is 0. The van der Waals surface area contributed by atoms with E-state index in [4.69, 9.17) is 42.6 Å². The Kier molecular flexibility index (Phi) is 14.6. The SMILES string of the molecule is CO[C@H]1O[C@@H]2COC(c3ccccc3)O[C@H]2[C@H](C[C@@H]2O[C@H](COCc3ccccc3)[C@@H](OCc3ccccc3)[C@H](OCc3ccccc3)[C@H]2O)[C@H]1OCc1ccccc1. The predicted octanol–water partition coefficient (Wildman–Crippen LogP) is 7.58. The zero-order valence-corrected chi connectivity index (χ0v) is 33.4. The summed E-state index contributed by atoms with van der Waals surface area (Å²) in [4.78, 5) is 0. The molecule has 0 saturated carbocycles. The van der Waals surface area contributed by atoms with Crippen LogP contribution >= 0.6 is 0 Å². The fourth-order valence-electron chi connectivity index (χ4n) is 8.28. The topological polar surface area (TPSA) is 103 Å². The van der Waals surface area contributed by atoms with E-state index in [1.54, 1.807) is 7.11 Å². The van der Waals surface area contributed by atoms with Gasteiger partial charge in [-0.1, -0.05) is 152 Å². The molecule has 3 aliphatic rings. The fourth-order valence-corrected chi connectivity index (χ4v) is 8.28. The first kappa shape index (κ1) is 41.4. The van der Waals surface area contributed by atoms with Gasteiger partial charge in [-0.25, -0.2) is 0 Å². The molecule has 10 nitrogen and oxygen atoms in total. The van der Waals surface area contributed by atoms with Gasteiger partial charge in [-0.2, -0.15) is 0 Å². The second-order valence-corrected chi connectivity index (χ2v) is 15.3. The van der Waals surface area contributed by atoms with E-state index >= 15 is 0 Å². The van der Waals surface area contributed by atoms with Gasteiger partial charge < -0.3 is 47.7 Å². The van der Waals surface area contributed by atoms with Crippen molar-refractivity contribution in [1.29, 1.82) is 0 Å². The summed E-state index contributed by atoms with van der Waals surface area (Å²) in [5.74, 6) is -0.361. The molecule has 310 valence electrons. The third-order valence-corrected chi connectivity index (χ3v) is 11.3. The van der Waals surface area contributed by atoms with Gasteiger partial charge >= 0.3 is 0 Å². The van der Waals surface area contributed by atoms with Crippen molar-refractivity contribution in [3.8, 4) is 0 Å². The number of hydrogen-bond acceptors (Lipinski definition) is 10. The standard InChI is InChI=1S/C49H54O10/c1-51-49-45(53-29-35-19-9-3-10-20-35)39(44-42(58-49)33-56-48(59-44)38-25-15-6-16-26-38)27-40-43(50)47(55-31-37-23-13-5-14-24-37)46(54-30-36-21-11-4-12-22-36)41(57-40)32-52-28-34-17-7-2-8-18-34/h2-26,39-50H,27-33H2,1H3/t39-,40-,41+,42+,43-,44-,45+,46+,47+,48?,49-/m0/s1. The molecule has 1 unspecified atom stereocenters. The molecule has 10 heteroatoms. The number of rotatable bonds is 17. The van der Waals surface area contributed by atoms with Gasteiger partial charge in [-0.3, -0.25) is 0 Å². The number of benzene rings is 5. The lowest BCUT2D eigenvalue weighted by Gasteiger charge is -2.51. The molecule has 3 heterocycles. The van der Waals surface area contributed by atoms with Crippen molar-refractivity contribution in [3.05, 3.63) is 179 Å². The maximum Gasteiger partial charge on any atom is 0.184 e. The first-order valence-electron chi connectivity index (χ1n) is 20.5. The third-order valence-electron chi connectivity index (χ3n) is 11.3. The molecule has 3 aliphatic heterocycles. The van der Waals surface area contributed by atoms with Crippen molar-refractivity contribution >= 4 is 0 Å². The predicted molar refractivity (Wildman–Crippen MR) is 220 cm³/mol. The third kappa shape index (κ3) is 10.7. The molecule has 0 aliphatic carbocycles. The van der Waals surface area contributed by atoms with Crippen molar-refractivity contribution in [3.63, 3.8) is 0 Å². The molecule has 5 aromatic carbocycles. The summed E-state index contributed by atoms with van der Waals surface area (Å²) in [6.07, 6.45) is -6.41. The average Bonchev–Trinajstić information content (AvgIpc) is 3.30. The van der Waals surface area contributed by atoms with E-state index in [1.807, 2.05) is 152 Å². The Bertz CT molecular complexity index is 1930. The Morgan fingerprint density at radius 1 is 0.542 bits per heavy atom. The van der Waals surface area contributed by atoms with Crippen LogP contribution in [0.1, 0.15) is 40.5 Å². The number of hydrogen-bond donors (Lipinski definition) is 1. The molecule has 0 bridgehead atoms. The van der Waals surface area contributed by atoms with Crippen LogP contribution in [0.2, 0.25) is 0 Å². The number of fused-ring (bicyclic) bond motifs is 1. The lowest BCUT2D eigenvalue weighted by molar-refractivity contribution is -0.360. The molecular weight excluding hydrogens is 749 g/mol. The molecule has 0 aromatic heterocycles. The van der Waals surface area contributed by atoms with Gasteiger partial charge in [0.15, 0.2) is 12.6 Å². The normalized spacial score (nSPS) is 29.4. The highest BCUT2D eigenvalue weighted by Crippen LogP contribution is 2.42. The van der Waals surface area contributed by atoms with Crippen molar-refractivity contribution in [2.75, 3.05) is 20.3 Å². The van der Waals surface area contributed by atoms with Gasteiger partial charge in [0.05, 0.1) is 51.8 Å². The molecule has 0 spiro atoms. The smallest absolute Gasteiger partial charge is 0.184 e. The van der Waals surface area contributed by atoms with E-state index in [-0.39, 0.29) is 25.7 Å². The lowest BCUT2D eigenvalue weighted by atomic mass is 9.80. The average molecular weight is 803 g/mol. The molecule has 5 aromatic rings. The molecule has 59 heavy (non-hydrogen) atoms. The molecule has 1 N–H and O–H groups in total. The lowest BCUT2D eigenvalue weighted by Crippen LogP contribution is -2.64. The highest BCUT2D eigenvalue weighted by Gasteiger charge is 2.54. The Hall–Kier alpha value is -4.30. The van der Waals surface area contributed by atoms with Crippen LogP contribution in [0.5, 0.6) is 0 Å². The first-order chi connectivity index (χ1) is 29.1. The van der Waals surface area contributed by atoms with Gasteiger partial charge in [0, 0.05) is 18.6 Å². The number of aliphatic hydroxyl groups excluding tert-OH is 1. The van der Waals surface area contributed by atoms with Crippen LogP contribution in [-0.2, 0) is 69.1 Å². The van der Waals surface area contributed by atoms with E-state index in [1.165, 1.54) is 0 Å². The van der Waals surface area contributed by atoms with E-state index in [0.717, 1.165) is 27.8 Å². The zero-order chi connectivity index (χ0) is 40.2. The van der Waals surface area contributed by atoms with Crippen LogP contribution < -0.4 is 0 Å².